The quantitative estimate of drug-likeness (QED) is 0.836. The zero-order valence-corrected chi connectivity index (χ0v) is 12.3. The second-order valence-electron chi connectivity index (χ2n) is 6.41. The Morgan fingerprint density at radius 1 is 1.47 bits per heavy atom. The molecule has 2 rings (SSSR count). The summed E-state index contributed by atoms with van der Waals surface area (Å²) < 4.78 is 1.91. The smallest absolute Gasteiger partial charge is 0.274 e. The maximum atomic E-state index is 12.4. The minimum absolute atomic E-state index is 0.00116. The molecule has 1 saturated heterocycles. The van der Waals surface area contributed by atoms with E-state index in [0.29, 0.717) is 12.2 Å². The van der Waals surface area contributed by atoms with E-state index in [1.165, 1.54) is 0 Å². The third kappa shape index (κ3) is 2.97. The molecule has 2 N–H and O–H groups in total. The van der Waals surface area contributed by atoms with Crippen molar-refractivity contribution in [3.8, 4) is 0 Å². The minimum atomic E-state index is -0.110. The number of rotatable bonds is 1. The van der Waals surface area contributed by atoms with Crippen molar-refractivity contribution < 1.29 is 4.79 Å². The van der Waals surface area contributed by atoms with Crippen LogP contribution in [0.25, 0.3) is 0 Å². The van der Waals surface area contributed by atoms with Crippen LogP contribution in [0.5, 0.6) is 0 Å². The first kappa shape index (κ1) is 14.1. The first-order chi connectivity index (χ1) is 8.79. The Balaban J connectivity index is 2.20. The van der Waals surface area contributed by atoms with Gasteiger partial charge in [-0.25, -0.2) is 0 Å². The molecule has 19 heavy (non-hydrogen) atoms. The van der Waals surface area contributed by atoms with E-state index in [1.54, 1.807) is 0 Å². The summed E-state index contributed by atoms with van der Waals surface area (Å²) in [4.78, 5) is 14.3. The monoisotopic (exact) mass is 264 g/mol. The number of nitrogens with zero attached hydrogens (tertiary/aromatic N) is 3. The Bertz CT molecular complexity index is 472. The molecule has 0 aromatic carbocycles. The van der Waals surface area contributed by atoms with E-state index < -0.39 is 0 Å². The van der Waals surface area contributed by atoms with Crippen molar-refractivity contribution in [3.05, 3.63) is 17.5 Å². The van der Waals surface area contributed by atoms with E-state index in [1.807, 2.05) is 22.6 Å². The van der Waals surface area contributed by atoms with E-state index in [-0.39, 0.29) is 17.5 Å². The summed E-state index contributed by atoms with van der Waals surface area (Å²) in [5.74, 6) is 0.00116. The van der Waals surface area contributed by atoms with Gasteiger partial charge in [-0.1, -0.05) is 0 Å². The number of hydrogen-bond acceptors (Lipinski definition) is 3. The molecule has 0 unspecified atom stereocenters. The highest BCUT2D eigenvalue weighted by atomic mass is 16.2. The highest BCUT2D eigenvalue weighted by molar-refractivity contribution is 5.92. The van der Waals surface area contributed by atoms with Gasteiger partial charge >= 0.3 is 0 Å². The lowest BCUT2D eigenvalue weighted by molar-refractivity contribution is 0.0701. The van der Waals surface area contributed by atoms with Crippen LogP contribution in [0.4, 0.5) is 0 Å². The summed E-state index contributed by atoms with van der Waals surface area (Å²) in [6.07, 6.45) is 1.98. The topological polar surface area (TPSA) is 64.2 Å². The number of piperidine rings is 1. The maximum Gasteiger partial charge on any atom is 0.274 e. The Morgan fingerprint density at radius 2 is 2.16 bits per heavy atom. The molecule has 0 spiro atoms. The zero-order valence-electron chi connectivity index (χ0n) is 12.3. The van der Waals surface area contributed by atoms with E-state index in [9.17, 15) is 4.79 Å². The summed E-state index contributed by atoms with van der Waals surface area (Å²) >= 11 is 0. The molecule has 0 saturated carbocycles. The van der Waals surface area contributed by atoms with Gasteiger partial charge in [-0.05, 0) is 46.6 Å². The first-order valence-electron chi connectivity index (χ1n) is 6.91. The van der Waals surface area contributed by atoms with Crippen LogP contribution >= 0.6 is 0 Å². The second-order valence-corrected chi connectivity index (χ2v) is 6.41. The van der Waals surface area contributed by atoms with Crippen molar-refractivity contribution >= 4 is 5.91 Å². The van der Waals surface area contributed by atoms with Gasteiger partial charge in [0.25, 0.3) is 5.91 Å². The molecule has 0 bridgehead atoms. The largest absolute Gasteiger partial charge is 0.336 e. The van der Waals surface area contributed by atoms with Crippen LogP contribution in [0.1, 0.15) is 49.8 Å². The van der Waals surface area contributed by atoms with Crippen molar-refractivity contribution in [3.63, 3.8) is 0 Å². The molecule has 5 nitrogen and oxygen atoms in total. The number of aromatic nitrogens is 2. The van der Waals surface area contributed by atoms with E-state index >= 15 is 0 Å². The molecule has 1 aromatic heterocycles. The Morgan fingerprint density at radius 3 is 2.68 bits per heavy atom. The molecule has 0 radical (unpaired) electrons. The number of aryl methyl sites for hydroxylation is 1. The van der Waals surface area contributed by atoms with E-state index in [4.69, 9.17) is 5.73 Å². The predicted octanol–water partition coefficient (Wildman–Crippen LogP) is 1.51. The average molecular weight is 264 g/mol. The summed E-state index contributed by atoms with van der Waals surface area (Å²) in [6.45, 7) is 9.65. The number of amides is 1. The lowest BCUT2D eigenvalue weighted by Crippen LogP contribution is -2.45. The van der Waals surface area contributed by atoms with Crippen molar-refractivity contribution in [2.75, 3.05) is 13.1 Å². The third-order valence-corrected chi connectivity index (χ3v) is 3.49. The number of carbonyl (C=O) groups is 1. The molecule has 1 atom stereocenters. The fourth-order valence-electron chi connectivity index (χ4n) is 2.61. The minimum Gasteiger partial charge on any atom is -0.336 e. The number of carbonyl (C=O) groups excluding carboxylic acids is 1. The maximum absolute atomic E-state index is 12.4. The molecule has 2 heterocycles. The van der Waals surface area contributed by atoms with Crippen LogP contribution < -0.4 is 5.73 Å². The normalized spacial score (nSPS) is 20.7. The van der Waals surface area contributed by atoms with Crippen molar-refractivity contribution in [2.45, 2.75) is 52.1 Å². The fourth-order valence-corrected chi connectivity index (χ4v) is 2.61. The molecule has 1 amide bonds. The Labute approximate surface area is 114 Å². The summed E-state index contributed by atoms with van der Waals surface area (Å²) in [7, 11) is 0. The molecule has 1 fully saturated rings. The van der Waals surface area contributed by atoms with Gasteiger partial charge in [0.15, 0.2) is 5.69 Å². The Kier molecular flexibility index (Phi) is 3.67. The van der Waals surface area contributed by atoms with E-state index in [2.05, 4.69) is 25.9 Å². The van der Waals surface area contributed by atoms with Crippen LogP contribution in [0.15, 0.2) is 6.07 Å². The summed E-state index contributed by atoms with van der Waals surface area (Å²) in [6, 6.07) is 1.97. The number of nitrogens with two attached hydrogens (primary N) is 1. The van der Waals surface area contributed by atoms with Crippen LogP contribution in [-0.2, 0) is 5.54 Å². The Hall–Kier alpha value is -1.36. The van der Waals surface area contributed by atoms with E-state index in [0.717, 1.165) is 25.1 Å². The molecule has 0 aliphatic carbocycles. The standard InChI is InChI=1S/C14H24N4O/c1-10-8-12(16-18(10)14(2,3)4)13(19)17-7-5-6-11(15)9-17/h8,11H,5-7,9,15H2,1-4H3/t11-/m0/s1. The van der Waals surface area contributed by atoms with Crippen LogP contribution in [0.2, 0.25) is 0 Å². The van der Waals surface area contributed by atoms with Gasteiger partial charge in [-0.15, -0.1) is 0 Å². The average Bonchev–Trinajstić information content (AvgIpc) is 2.70. The molecular formula is C14H24N4O. The predicted molar refractivity (Wildman–Crippen MR) is 75.1 cm³/mol. The molecule has 1 aromatic rings. The van der Waals surface area contributed by atoms with Gasteiger partial charge in [0.2, 0.25) is 0 Å². The number of hydrogen-bond donors (Lipinski definition) is 1. The molecule has 1 aliphatic rings. The van der Waals surface area contributed by atoms with Gasteiger partial charge in [0, 0.05) is 24.8 Å². The molecule has 1 aliphatic heterocycles. The molecular weight excluding hydrogens is 240 g/mol. The SMILES string of the molecule is Cc1cc(C(=O)N2CCC[C@H](N)C2)nn1C(C)(C)C. The van der Waals surface area contributed by atoms with Gasteiger partial charge in [-0.3, -0.25) is 9.48 Å². The lowest BCUT2D eigenvalue weighted by atomic mass is 10.1. The lowest BCUT2D eigenvalue weighted by Gasteiger charge is -2.30. The van der Waals surface area contributed by atoms with Gasteiger partial charge in [0.1, 0.15) is 0 Å². The van der Waals surface area contributed by atoms with Crippen LogP contribution in [0.3, 0.4) is 0 Å². The zero-order chi connectivity index (χ0) is 14.2. The highest BCUT2D eigenvalue weighted by Gasteiger charge is 2.26. The summed E-state index contributed by atoms with van der Waals surface area (Å²) in [5, 5.41) is 4.47. The highest BCUT2D eigenvalue weighted by Crippen LogP contribution is 2.18. The molecule has 5 heteroatoms. The second kappa shape index (κ2) is 4.96. The first-order valence-corrected chi connectivity index (χ1v) is 6.91. The summed E-state index contributed by atoms with van der Waals surface area (Å²) in [5.41, 5.74) is 7.36. The van der Waals surface area contributed by atoms with Crippen LogP contribution in [-0.4, -0.2) is 39.7 Å². The molecule has 106 valence electrons. The fraction of sp³-hybridized carbons (Fsp3) is 0.714. The van der Waals surface area contributed by atoms with Crippen LogP contribution in [0, 0.1) is 6.92 Å². The van der Waals surface area contributed by atoms with Crippen molar-refractivity contribution in [1.82, 2.24) is 14.7 Å². The van der Waals surface area contributed by atoms with Crippen molar-refractivity contribution in [2.24, 2.45) is 5.73 Å². The van der Waals surface area contributed by atoms with Gasteiger partial charge in [0.05, 0.1) is 5.54 Å². The van der Waals surface area contributed by atoms with Gasteiger partial charge < -0.3 is 10.6 Å². The third-order valence-electron chi connectivity index (χ3n) is 3.49. The number of likely N-dealkylation sites (tertiary alicyclic amines) is 1. The van der Waals surface area contributed by atoms with Gasteiger partial charge in [-0.2, -0.15) is 5.10 Å². The van der Waals surface area contributed by atoms with Crippen molar-refractivity contribution in [1.29, 1.82) is 0 Å².